The number of benzene rings is 1. The number of aryl methyl sites for hydroxylation is 3. The van der Waals surface area contributed by atoms with Crippen molar-refractivity contribution < 1.29 is 13.2 Å². The zero-order valence-electron chi connectivity index (χ0n) is 15.7. The van der Waals surface area contributed by atoms with Gasteiger partial charge < -0.3 is 4.90 Å². The Hall–Kier alpha value is -2.15. The standard InChI is InChI=1S/C19H25N3O3S/c1-5-22(15-8-9-26(24,25)12-15)19(23)17-11-18(21(4)20-17)16-7-6-13(2)10-14(16)3/h6-7,10-11,15H,5,8-9,12H2,1-4H3. The van der Waals surface area contributed by atoms with Gasteiger partial charge in [0.1, 0.15) is 0 Å². The molecule has 1 aromatic carbocycles. The van der Waals surface area contributed by atoms with Gasteiger partial charge in [0.15, 0.2) is 15.5 Å². The fourth-order valence-corrected chi connectivity index (χ4v) is 5.39. The normalized spacial score (nSPS) is 18.8. The van der Waals surface area contributed by atoms with Gasteiger partial charge in [0.25, 0.3) is 5.91 Å². The van der Waals surface area contributed by atoms with E-state index in [0.29, 0.717) is 18.7 Å². The molecule has 3 rings (SSSR count). The number of nitrogens with zero attached hydrogens (tertiary/aromatic N) is 3. The molecular weight excluding hydrogens is 350 g/mol. The van der Waals surface area contributed by atoms with Crippen molar-refractivity contribution in [2.45, 2.75) is 33.2 Å². The van der Waals surface area contributed by atoms with Crippen LogP contribution >= 0.6 is 0 Å². The highest BCUT2D eigenvalue weighted by Crippen LogP contribution is 2.26. The lowest BCUT2D eigenvalue weighted by Gasteiger charge is -2.25. The summed E-state index contributed by atoms with van der Waals surface area (Å²) >= 11 is 0. The Morgan fingerprint density at radius 2 is 2.04 bits per heavy atom. The third-order valence-electron chi connectivity index (χ3n) is 5.01. The summed E-state index contributed by atoms with van der Waals surface area (Å²) in [6, 6.07) is 7.72. The molecule has 1 fully saturated rings. The van der Waals surface area contributed by atoms with Gasteiger partial charge in [0, 0.05) is 25.2 Å². The van der Waals surface area contributed by atoms with Gasteiger partial charge >= 0.3 is 0 Å². The summed E-state index contributed by atoms with van der Waals surface area (Å²) < 4.78 is 25.3. The fraction of sp³-hybridized carbons (Fsp3) is 0.474. The van der Waals surface area contributed by atoms with Crippen LogP contribution in [0.3, 0.4) is 0 Å². The summed E-state index contributed by atoms with van der Waals surface area (Å²) in [6.07, 6.45) is 0.499. The maximum atomic E-state index is 13.0. The van der Waals surface area contributed by atoms with Gasteiger partial charge in [-0.05, 0) is 38.8 Å². The second-order valence-electron chi connectivity index (χ2n) is 7.00. The largest absolute Gasteiger partial charge is 0.333 e. The Morgan fingerprint density at radius 3 is 2.62 bits per heavy atom. The van der Waals surface area contributed by atoms with Crippen LogP contribution < -0.4 is 0 Å². The summed E-state index contributed by atoms with van der Waals surface area (Å²) in [5, 5.41) is 4.40. The number of carbonyl (C=O) groups excluding carboxylic acids is 1. The van der Waals surface area contributed by atoms with E-state index in [1.807, 2.05) is 40.0 Å². The molecule has 1 amide bonds. The van der Waals surface area contributed by atoms with Crippen molar-refractivity contribution in [3.05, 3.63) is 41.1 Å². The van der Waals surface area contributed by atoms with Crippen LogP contribution in [0.5, 0.6) is 0 Å². The molecule has 0 radical (unpaired) electrons. The maximum absolute atomic E-state index is 13.0. The van der Waals surface area contributed by atoms with E-state index in [0.717, 1.165) is 16.8 Å². The van der Waals surface area contributed by atoms with Gasteiger partial charge in [-0.2, -0.15) is 5.10 Å². The van der Waals surface area contributed by atoms with E-state index >= 15 is 0 Å². The van der Waals surface area contributed by atoms with Gasteiger partial charge in [0.05, 0.1) is 17.2 Å². The molecule has 1 saturated heterocycles. The van der Waals surface area contributed by atoms with Crippen molar-refractivity contribution in [3.63, 3.8) is 0 Å². The first-order valence-electron chi connectivity index (χ1n) is 8.85. The Bertz CT molecular complexity index is 947. The second kappa shape index (κ2) is 6.87. The topological polar surface area (TPSA) is 72.3 Å². The van der Waals surface area contributed by atoms with E-state index in [4.69, 9.17) is 0 Å². The Kier molecular flexibility index (Phi) is 4.92. The molecule has 1 unspecified atom stereocenters. The molecule has 6 nitrogen and oxygen atoms in total. The van der Waals surface area contributed by atoms with E-state index in [9.17, 15) is 13.2 Å². The SMILES string of the molecule is CCN(C(=O)c1cc(-c2ccc(C)cc2C)n(C)n1)C1CCS(=O)(=O)C1. The Balaban J connectivity index is 1.91. The molecule has 1 aliphatic rings. The van der Waals surface area contributed by atoms with Crippen LogP contribution in [-0.4, -0.2) is 53.1 Å². The summed E-state index contributed by atoms with van der Waals surface area (Å²) in [5.41, 5.74) is 4.58. The van der Waals surface area contributed by atoms with E-state index < -0.39 is 9.84 Å². The molecule has 26 heavy (non-hydrogen) atoms. The molecule has 2 heterocycles. The minimum Gasteiger partial charge on any atom is -0.333 e. The lowest BCUT2D eigenvalue weighted by atomic mass is 10.0. The van der Waals surface area contributed by atoms with Gasteiger partial charge in [-0.15, -0.1) is 0 Å². The molecule has 0 saturated carbocycles. The highest BCUT2D eigenvalue weighted by molar-refractivity contribution is 7.91. The van der Waals surface area contributed by atoms with E-state index in [1.54, 1.807) is 15.6 Å². The second-order valence-corrected chi connectivity index (χ2v) is 9.23. The van der Waals surface area contributed by atoms with Gasteiger partial charge in [-0.25, -0.2) is 8.42 Å². The number of hydrogen-bond acceptors (Lipinski definition) is 4. The zero-order valence-corrected chi connectivity index (χ0v) is 16.5. The first-order valence-corrected chi connectivity index (χ1v) is 10.7. The summed E-state index contributed by atoms with van der Waals surface area (Å²) in [4.78, 5) is 14.6. The highest BCUT2D eigenvalue weighted by Gasteiger charge is 2.35. The molecule has 1 aromatic heterocycles. The maximum Gasteiger partial charge on any atom is 0.274 e. The van der Waals surface area contributed by atoms with Crippen LogP contribution in [0, 0.1) is 13.8 Å². The van der Waals surface area contributed by atoms with Crippen LogP contribution in [0.4, 0.5) is 0 Å². The number of carbonyl (C=O) groups is 1. The third kappa shape index (κ3) is 3.53. The van der Waals surface area contributed by atoms with Crippen LogP contribution in [-0.2, 0) is 16.9 Å². The monoisotopic (exact) mass is 375 g/mol. The van der Waals surface area contributed by atoms with Crippen LogP contribution in [0.2, 0.25) is 0 Å². The average Bonchev–Trinajstić information content (AvgIpc) is 3.11. The molecule has 0 spiro atoms. The molecule has 2 aromatic rings. The van der Waals surface area contributed by atoms with E-state index in [2.05, 4.69) is 11.2 Å². The molecule has 7 heteroatoms. The Labute approximate surface area is 154 Å². The van der Waals surface area contributed by atoms with Crippen LogP contribution in [0.25, 0.3) is 11.3 Å². The smallest absolute Gasteiger partial charge is 0.274 e. The summed E-state index contributed by atoms with van der Waals surface area (Å²) in [5.74, 6) is -0.0120. The molecule has 1 atom stereocenters. The van der Waals surface area contributed by atoms with Crippen LogP contribution in [0.15, 0.2) is 24.3 Å². The summed E-state index contributed by atoms with van der Waals surface area (Å²) in [6.45, 7) is 6.42. The van der Waals surface area contributed by atoms with Gasteiger partial charge in [0.2, 0.25) is 0 Å². The van der Waals surface area contributed by atoms with Crippen LogP contribution in [0.1, 0.15) is 35.0 Å². The summed E-state index contributed by atoms with van der Waals surface area (Å²) in [7, 11) is -1.22. The molecule has 0 N–H and O–H groups in total. The fourth-order valence-electron chi connectivity index (χ4n) is 3.66. The van der Waals surface area contributed by atoms with E-state index in [-0.39, 0.29) is 23.5 Å². The third-order valence-corrected chi connectivity index (χ3v) is 6.76. The van der Waals surface area contributed by atoms with Crippen molar-refractivity contribution in [1.82, 2.24) is 14.7 Å². The first kappa shape index (κ1) is 18.6. The highest BCUT2D eigenvalue weighted by atomic mass is 32.2. The average molecular weight is 375 g/mol. The minimum atomic E-state index is -3.04. The van der Waals surface area contributed by atoms with Crippen molar-refractivity contribution in [2.75, 3.05) is 18.1 Å². The number of amides is 1. The minimum absolute atomic E-state index is 0.0450. The molecule has 1 aliphatic heterocycles. The first-order chi connectivity index (χ1) is 12.2. The predicted molar refractivity (Wildman–Crippen MR) is 102 cm³/mol. The molecule has 0 bridgehead atoms. The number of hydrogen-bond donors (Lipinski definition) is 0. The van der Waals surface area contributed by atoms with Crippen molar-refractivity contribution >= 4 is 15.7 Å². The number of sulfone groups is 1. The zero-order chi connectivity index (χ0) is 19.1. The lowest BCUT2D eigenvalue weighted by Crippen LogP contribution is -2.41. The van der Waals surface area contributed by atoms with Crippen molar-refractivity contribution in [2.24, 2.45) is 7.05 Å². The number of rotatable bonds is 4. The van der Waals surface area contributed by atoms with E-state index in [1.165, 1.54) is 5.56 Å². The molecule has 140 valence electrons. The van der Waals surface area contributed by atoms with Crippen molar-refractivity contribution in [3.8, 4) is 11.3 Å². The quantitative estimate of drug-likeness (QED) is 0.822. The predicted octanol–water partition coefficient (Wildman–Crippen LogP) is 2.35. The Morgan fingerprint density at radius 1 is 1.31 bits per heavy atom. The van der Waals surface area contributed by atoms with Gasteiger partial charge in [-0.1, -0.05) is 23.8 Å². The van der Waals surface area contributed by atoms with Gasteiger partial charge in [-0.3, -0.25) is 9.48 Å². The lowest BCUT2D eigenvalue weighted by molar-refractivity contribution is 0.0701. The van der Waals surface area contributed by atoms with Crippen molar-refractivity contribution in [1.29, 1.82) is 0 Å². The number of aromatic nitrogens is 2. The molecular formula is C19H25N3O3S. The molecule has 0 aliphatic carbocycles.